The number of nitriles is 1. The van der Waals surface area contributed by atoms with Crippen LogP contribution in [0.1, 0.15) is 51.7 Å². The summed E-state index contributed by atoms with van der Waals surface area (Å²) in [4.78, 5) is 37.7. The van der Waals surface area contributed by atoms with Gasteiger partial charge in [0.1, 0.15) is 6.61 Å². The largest absolute Gasteiger partial charge is 0.459 e. The van der Waals surface area contributed by atoms with Gasteiger partial charge in [-0.2, -0.15) is 18.4 Å². The van der Waals surface area contributed by atoms with Crippen LogP contribution < -0.4 is 5.32 Å². The quantitative estimate of drug-likeness (QED) is 0.637. The predicted molar refractivity (Wildman–Crippen MR) is 106 cm³/mol. The van der Waals surface area contributed by atoms with Crippen molar-refractivity contribution in [2.75, 3.05) is 11.9 Å². The molecule has 0 spiro atoms. The third-order valence-electron chi connectivity index (χ3n) is 7.09. The lowest BCUT2D eigenvalue weighted by Gasteiger charge is -2.35. The van der Waals surface area contributed by atoms with E-state index in [1.807, 2.05) is 0 Å². The minimum Gasteiger partial charge on any atom is -0.459 e. The van der Waals surface area contributed by atoms with Gasteiger partial charge in [-0.15, -0.1) is 0 Å². The van der Waals surface area contributed by atoms with E-state index in [1.54, 1.807) is 20.8 Å². The molecule has 2 fully saturated rings. The van der Waals surface area contributed by atoms with Crippen LogP contribution in [-0.2, 0) is 30.0 Å². The molecular weight excluding hydrogens is 445 g/mol. The molecule has 2 aliphatic rings. The van der Waals surface area contributed by atoms with E-state index in [0.717, 1.165) is 19.1 Å². The third-order valence-corrected chi connectivity index (χ3v) is 7.09. The highest BCUT2D eigenvalue weighted by Crippen LogP contribution is 2.65. The van der Waals surface area contributed by atoms with Crippen molar-refractivity contribution in [1.82, 2.24) is 0 Å². The number of anilines is 1. The Hall–Kier alpha value is -3.13. The van der Waals surface area contributed by atoms with Crippen LogP contribution in [0.2, 0.25) is 0 Å². The zero-order valence-electron chi connectivity index (χ0n) is 18.4. The first-order valence-corrected chi connectivity index (χ1v) is 10.1. The van der Waals surface area contributed by atoms with E-state index in [-0.39, 0.29) is 12.1 Å². The van der Waals surface area contributed by atoms with Crippen molar-refractivity contribution in [3.63, 3.8) is 0 Å². The summed E-state index contributed by atoms with van der Waals surface area (Å²) >= 11 is 0. The van der Waals surface area contributed by atoms with Crippen LogP contribution in [0.25, 0.3) is 0 Å². The monoisotopic (exact) mass is 468 g/mol. The molecule has 1 aliphatic heterocycles. The van der Waals surface area contributed by atoms with Crippen LogP contribution in [0, 0.1) is 22.2 Å². The van der Waals surface area contributed by atoms with Crippen LogP contribution in [0.15, 0.2) is 18.2 Å². The van der Waals surface area contributed by atoms with Crippen molar-refractivity contribution in [3.8, 4) is 6.07 Å². The Morgan fingerprint density at radius 2 is 1.91 bits per heavy atom. The number of benzene rings is 1. The van der Waals surface area contributed by atoms with Gasteiger partial charge in [-0.3, -0.25) is 9.59 Å². The number of nitrogens with zero attached hydrogens (tertiary/aromatic N) is 1. The average Bonchev–Trinajstić information content (AvgIpc) is 3.01. The zero-order chi connectivity index (χ0) is 25.0. The van der Waals surface area contributed by atoms with Gasteiger partial charge in [0.25, 0.3) is 5.91 Å². The van der Waals surface area contributed by atoms with Gasteiger partial charge in [-0.25, -0.2) is 4.79 Å². The van der Waals surface area contributed by atoms with Crippen LogP contribution >= 0.6 is 0 Å². The number of hydrogen-bond donors (Lipinski definition) is 2. The number of halogens is 3. The molecule has 3 rings (SSSR count). The number of rotatable bonds is 5. The highest BCUT2D eigenvalue weighted by molar-refractivity contribution is 5.98. The topological polar surface area (TPSA) is 126 Å². The molecule has 33 heavy (non-hydrogen) atoms. The third kappa shape index (κ3) is 3.62. The van der Waals surface area contributed by atoms with Crippen LogP contribution in [0.5, 0.6) is 0 Å². The SMILES string of the molecule is CC12CCC(C(=O)OC[C@](C)(O)C(=O)Nc3ccc(C#N)c(C(F)(F)F)c3)(OC1=O)C2(C)C. The van der Waals surface area contributed by atoms with E-state index >= 15 is 0 Å². The number of alkyl halides is 3. The van der Waals surface area contributed by atoms with E-state index in [0.29, 0.717) is 12.5 Å². The van der Waals surface area contributed by atoms with Gasteiger partial charge in [-0.1, -0.05) is 13.8 Å². The van der Waals surface area contributed by atoms with Gasteiger partial charge < -0.3 is 19.9 Å². The van der Waals surface area contributed by atoms with E-state index in [2.05, 4.69) is 5.32 Å². The Bertz CT molecular complexity index is 1070. The fourth-order valence-electron chi connectivity index (χ4n) is 4.31. The molecule has 11 heteroatoms. The van der Waals surface area contributed by atoms with Gasteiger partial charge >= 0.3 is 18.1 Å². The second-order valence-corrected chi connectivity index (χ2v) is 9.35. The molecule has 1 amide bonds. The number of ether oxygens (including phenoxy) is 2. The molecule has 1 aromatic rings. The molecule has 2 bridgehead atoms. The first kappa shape index (κ1) is 24.5. The number of esters is 2. The highest BCUT2D eigenvalue weighted by atomic mass is 19.4. The van der Waals surface area contributed by atoms with Crippen molar-refractivity contribution in [3.05, 3.63) is 29.3 Å². The number of amides is 1. The first-order valence-electron chi connectivity index (χ1n) is 10.1. The molecule has 1 saturated carbocycles. The molecule has 1 aromatic carbocycles. The Morgan fingerprint density at radius 3 is 2.39 bits per heavy atom. The zero-order valence-corrected chi connectivity index (χ0v) is 18.4. The maximum atomic E-state index is 13.1. The Labute approximate surface area is 187 Å². The number of hydrogen-bond acceptors (Lipinski definition) is 7. The summed E-state index contributed by atoms with van der Waals surface area (Å²) in [5, 5.41) is 21.5. The van der Waals surface area contributed by atoms with Crippen LogP contribution in [0.3, 0.4) is 0 Å². The second-order valence-electron chi connectivity index (χ2n) is 9.35. The van der Waals surface area contributed by atoms with Crippen molar-refractivity contribution in [2.24, 2.45) is 10.8 Å². The molecule has 8 nitrogen and oxygen atoms in total. The number of carbonyl (C=O) groups is 3. The van der Waals surface area contributed by atoms with E-state index < -0.39 is 63.8 Å². The summed E-state index contributed by atoms with van der Waals surface area (Å²) in [7, 11) is 0. The molecule has 0 aromatic heterocycles. The number of carbonyl (C=O) groups excluding carboxylic acids is 3. The van der Waals surface area contributed by atoms with E-state index in [9.17, 15) is 32.7 Å². The fraction of sp³-hybridized carbons (Fsp3) is 0.545. The molecular formula is C22H23F3N2O6. The van der Waals surface area contributed by atoms with Gasteiger partial charge in [0.15, 0.2) is 5.60 Å². The van der Waals surface area contributed by atoms with E-state index in [1.165, 1.54) is 6.07 Å². The standard InChI is InChI=1S/C22H23F3N2O6/c1-18(2)19(3)7-8-21(18,33-16(19)29)17(30)32-11-20(4,31)15(28)27-13-6-5-12(10-26)14(9-13)22(23,24)25/h5-6,9,31H,7-8,11H2,1-4H3,(H,27,28)/t19?,20-,21?/m0/s1. The lowest BCUT2D eigenvalue weighted by atomic mass is 9.66. The lowest BCUT2D eigenvalue weighted by Crippen LogP contribution is -2.51. The summed E-state index contributed by atoms with van der Waals surface area (Å²) in [5.74, 6) is -2.57. The maximum absolute atomic E-state index is 13.1. The summed E-state index contributed by atoms with van der Waals surface area (Å²) < 4.78 is 49.9. The van der Waals surface area contributed by atoms with Crippen LogP contribution in [0.4, 0.5) is 18.9 Å². The number of aliphatic hydroxyl groups is 1. The summed E-state index contributed by atoms with van der Waals surface area (Å²) in [6, 6.07) is 3.95. The Balaban J connectivity index is 1.72. The number of fused-ring (bicyclic) bond motifs is 2. The van der Waals surface area contributed by atoms with Crippen molar-refractivity contribution >= 4 is 23.5 Å². The van der Waals surface area contributed by atoms with E-state index in [4.69, 9.17) is 14.7 Å². The lowest BCUT2D eigenvalue weighted by molar-refractivity contribution is -0.187. The smallest absolute Gasteiger partial charge is 0.417 e. The maximum Gasteiger partial charge on any atom is 0.417 e. The fourth-order valence-corrected chi connectivity index (χ4v) is 4.31. The second kappa shape index (κ2) is 7.45. The molecule has 1 heterocycles. The van der Waals surface area contributed by atoms with Crippen LogP contribution in [-0.4, -0.2) is 40.8 Å². The minimum absolute atomic E-state index is 0.223. The summed E-state index contributed by atoms with van der Waals surface area (Å²) in [6.07, 6.45) is -4.20. The van der Waals surface area contributed by atoms with Gasteiger partial charge in [0.05, 0.1) is 22.6 Å². The molecule has 1 saturated heterocycles. The minimum atomic E-state index is -4.83. The Morgan fingerprint density at radius 1 is 1.27 bits per heavy atom. The molecule has 2 unspecified atom stereocenters. The summed E-state index contributed by atoms with van der Waals surface area (Å²) in [5.41, 5.74) is -7.82. The molecule has 1 aliphatic carbocycles. The van der Waals surface area contributed by atoms with Crippen molar-refractivity contribution in [1.29, 1.82) is 5.26 Å². The van der Waals surface area contributed by atoms with Crippen molar-refractivity contribution < 1.29 is 42.1 Å². The summed E-state index contributed by atoms with van der Waals surface area (Å²) in [6.45, 7) is 5.31. The predicted octanol–water partition coefficient (Wildman–Crippen LogP) is 2.93. The molecule has 2 N–H and O–H groups in total. The average molecular weight is 468 g/mol. The molecule has 3 atom stereocenters. The Kier molecular flexibility index (Phi) is 5.53. The first-order chi connectivity index (χ1) is 15.0. The van der Waals surface area contributed by atoms with Gasteiger partial charge in [0.2, 0.25) is 5.60 Å². The van der Waals surface area contributed by atoms with Crippen molar-refractivity contribution in [2.45, 2.75) is 57.9 Å². The normalized spacial score (nSPS) is 27.3. The number of nitrogens with one attached hydrogen (secondary N) is 1. The van der Waals surface area contributed by atoms with Gasteiger partial charge in [0, 0.05) is 11.1 Å². The van der Waals surface area contributed by atoms with Gasteiger partial charge in [-0.05, 0) is 44.9 Å². The molecule has 178 valence electrons. The highest BCUT2D eigenvalue weighted by Gasteiger charge is 2.76. The molecule has 0 radical (unpaired) electrons.